The lowest BCUT2D eigenvalue weighted by Crippen LogP contribution is -2.30. The predicted octanol–water partition coefficient (Wildman–Crippen LogP) is 1.14. The number of hydrogen-bond donors (Lipinski definition) is 1. The van der Waals surface area contributed by atoms with Gasteiger partial charge in [0.25, 0.3) is 0 Å². The second kappa shape index (κ2) is 4.35. The van der Waals surface area contributed by atoms with Crippen molar-refractivity contribution in [1.29, 1.82) is 0 Å². The van der Waals surface area contributed by atoms with Gasteiger partial charge in [-0.2, -0.15) is 0 Å². The molecule has 3 rings (SSSR count). The minimum absolute atomic E-state index is 0. The quantitative estimate of drug-likeness (QED) is 0.720. The molecule has 78 valence electrons. The van der Waals surface area contributed by atoms with E-state index in [1.165, 1.54) is 39.0 Å². The highest BCUT2D eigenvalue weighted by Gasteiger charge is 2.55. The van der Waals surface area contributed by atoms with Crippen LogP contribution in [-0.2, 0) is 0 Å². The van der Waals surface area contributed by atoms with Gasteiger partial charge in [-0.15, -0.1) is 24.8 Å². The molecule has 0 bridgehead atoms. The van der Waals surface area contributed by atoms with E-state index >= 15 is 0 Å². The number of halogens is 2. The highest BCUT2D eigenvalue weighted by molar-refractivity contribution is 5.85. The van der Waals surface area contributed by atoms with Gasteiger partial charge in [0.05, 0.1) is 0 Å². The highest BCUT2D eigenvalue weighted by atomic mass is 35.5. The van der Waals surface area contributed by atoms with E-state index in [0.717, 1.165) is 17.9 Å². The van der Waals surface area contributed by atoms with Crippen molar-refractivity contribution in [2.45, 2.75) is 18.9 Å². The Morgan fingerprint density at radius 1 is 0.923 bits per heavy atom. The Balaban J connectivity index is 0.000000422. The molecule has 2 atom stereocenters. The summed E-state index contributed by atoms with van der Waals surface area (Å²) < 4.78 is 0. The molecule has 4 heteroatoms. The Morgan fingerprint density at radius 2 is 1.46 bits per heavy atom. The molecule has 2 saturated heterocycles. The maximum Gasteiger partial charge on any atom is 0.0183 e. The van der Waals surface area contributed by atoms with Gasteiger partial charge in [-0.1, -0.05) is 0 Å². The summed E-state index contributed by atoms with van der Waals surface area (Å²) in [7, 11) is 0. The van der Waals surface area contributed by atoms with Crippen LogP contribution in [0.1, 0.15) is 12.8 Å². The van der Waals surface area contributed by atoms with Gasteiger partial charge in [0.1, 0.15) is 0 Å². The SMILES string of the molecule is C1CCN(C2C3CNCC32)C1.Cl.Cl. The van der Waals surface area contributed by atoms with E-state index < -0.39 is 0 Å². The minimum Gasteiger partial charge on any atom is -0.316 e. The van der Waals surface area contributed by atoms with Gasteiger partial charge < -0.3 is 5.32 Å². The number of likely N-dealkylation sites (tertiary alicyclic amines) is 1. The van der Waals surface area contributed by atoms with Gasteiger partial charge in [0, 0.05) is 6.04 Å². The third-order valence-electron chi connectivity index (χ3n) is 3.61. The van der Waals surface area contributed by atoms with Gasteiger partial charge in [-0.05, 0) is 50.9 Å². The lowest BCUT2D eigenvalue weighted by molar-refractivity contribution is 0.292. The monoisotopic (exact) mass is 224 g/mol. The number of nitrogens with one attached hydrogen (secondary N) is 1. The van der Waals surface area contributed by atoms with Crippen molar-refractivity contribution >= 4 is 24.8 Å². The van der Waals surface area contributed by atoms with Crippen molar-refractivity contribution in [2.24, 2.45) is 11.8 Å². The number of fused-ring (bicyclic) bond motifs is 1. The van der Waals surface area contributed by atoms with Gasteiger partial charge in [-0.25, -0.2) is 0 Å². The molecule has 2 heterocycles. The number of piperidine rings is 1. The van der Waals surface area contributed by atoms with E-state index in [2.05, 4.69) is 10.2 Å². The first kappa shape index (κ1) is 11.6. The molecular weight excluding hydrogens is 207 g/mol. The predicted molar refractivity (Wildman–Crippen MR) is 58.9 cm³/mol. The first-order valence-corrected chi connectivity index (χ1v) is 4.91. The van der Waals surface area contributed by atoms with E-state index in [4.69, 9.17) is 0 Å². The van der Waals surface area contributed by atoms with Crippen molar-refractivity contribution in [1.82, 2.24) is 10.2 Å². The molecule has 1 saturated carbocycles. The first-order valence-electron chi connectivity index (χ1n) is 4.91. The molecule has 0 spiro atoms. The molecule has 0 amide bonds. The summed E-state index contributed by atoms with van der Waals surface area (Å²) in [5.74, 6) is 2.07. The minimum atomic E-state index is 0. The maximum absolute atomic E-state index is 3.45. The van der Waals surface area contributed by atoms with E-state index in [1.807, 2.05) is 0 Å². The zero-order chi connectivity index (χ0) is 7.26. The summed E-state index contributed by atoms with van der Waals surface area (Å²) in [6.07, 6.45) is 2.90. The van der Waals surface area contributed by atoms with Crippen LogP contribution in [0.2, 0.25) is 0 Å². The van der Waals surface area contributed by atoms with Crippen LogP contribution in [0.5, 0.6) is 0 Å². The molecule has 3 aliphatic rings. The third-order valence-corrected chi connectivity index (χ3v) is 3.61. The van der Waals surface area contributed by atoms with Gasteiger partial charge in [0.2, 0.25) is 0 Å². The van der Waals surface area contributed by atoms with E-state index in [-0.39, 0.29) is 24.8 Å². The smallest absolute Gasteiger partial charge is 0.0183 e. The van der Waals surface area contributed by atoms with Crippen LogP contribution in [-0.4, -0.2) is 37.1 Å². The average molecular weight is 225 g/mol. The summed E-state index contributed by atoms with van der Waals surface area (Å²) >= 11 is 0. The first-order chi connectivity index (χ1) is 5.47. The van der Waals surface area contributed by atoms with Crippen LogP contribution < -0.4 is 5.32 Å². The summed E-state index contributed by atoms with van der Waals surface area (Å²) in [5, 5.41) is 3.45. The van der Waals surface area contributed by atoms with Crippen molar-refractivity contribution in [2.75, 3.05) is 26.2 Å². The second-order valence-corrected chi connectivity index (χ2v) is 4.22. The summed E-state index contributed by atoms with van der Waals surface area (Å²) in [6.45, 7) is 5.37. The van der Waals surface area contributed by atoms with Crippen molar-refractivity contribution in [3.8, 4) is 0 Å². The summed E-state index contributed by atoms with van der Waals surface area (Å²) in [6, 6.07) is 0.999. The molecule has 2 unspecified atom stereocenters. The molecule has 2 nitrogen and oxygen atoms in total. The van der Waals surface area contributed by atoms with E-state index in [0.29, 0.717) is 0 Å². The van der Waals surface area contributed by atoms with Gasteiger partial charge >= 0.3 is 0 Å². The molecule has 0 aromatic rings. The lowest BCUT2D eigenvalue weighted by atomic mass is 10.4. The van der Waals surface area contributed by atoms with Crippen LogP contribution in [0.15, 0.2) is 0 Å². The molecule has 0 aromatic carbocycles. The van der Waals surface area contributed by atoms with Crippen LogP contribution in [0.4, 0.5) is 0 Å². The normalized spacial score (nSPS) is 42.0. The zero-order valence-corrected chi connectivity index (χ0v) is 9.37. The van der Waals surface area contributed by atoms with Crippen molar-refractivity contribution in [3.05, 3.63) is 0 Å². The van der Waals surface area contributed by atoms with Crippen LogP contribution >= 0.6 is 24.8 Å². The number of hydrogen-bond acceptors (Lipinski definition) is 2. The van der Waals surface area contributed by atoms with Gasteiger partial charge in [0.15, 0.2) is 0 Å². The standard InChI is InChI=1S/C9H16N2.2ClH/c1-2-4-11(3-1)9-7-5-10-6-8(7)9;;/h7-10H,1-6H2;2*1H. The topological polar surface area (TPSA) is 15.3 Å². The van der Waals surface area contributed by atoms with E-state index in [9.17, 15) is 0 Å². The van der Waals surface area contributed by atoms with Crippen LogP contribution in [0.3, 0.4) is 0 Å². The Hall–Kier alpha value is 0.500. The Bertz CT molecular complexity index is 161. The van der Waals surface area contributed by atoms with Crippen molar-refractivity contribution < 1.29 is 0 Å². The van der Waals surface area contributed by atoms with Gasteiger partial charge in [-0.3, -0.25) is 4.90 Å². The fraction of sp³-hybridized carbons (Fsp3) is 1.00. The molecule has 3 fully saturated rings. The average Bonchev–Trinajstić information content (AvgIpc) is 2.57. The second-order valence-electron chi connectivity index (χ2n) is 4.22. The third kappa shape index (κ3) is 1.82. The molecule has 0 radical (unpaired) electrons. The Kier molecular flexibility index (Phi) is 3.87. The van der Waals surface area contributed by atoms with E-state index in [1.54, 1.807) is 0 Å². The van der Waals surface area contributed by atoms with Crippen molar-refractivity contribution in [3.63, 3.8) is 0 Å². The number of rotatable bonds is 1. The highest BCUT2D eigenvalue weighted by Crippen LogP contribution is 2.46. The summed E-state index contributed by atoms with van der Waals surface area (Å²) in [4.78, 5) is 2.72. The molecule has 2 aliphatic heterocycles. The lowest BCUT2D eigenvalue weighted by Gasteiger charge is -2.16. The Labute approximate surface area is 92.3 Å². The van der Waals surface area contributed by atoms with Crippen LogP contribution in [0, 0.1) is 11.8 Å². The fourth-order valence-electron chi connectivity index (χ4n) is 2.97. The molecular formula is C9H18Cl2N2. The molecule has 1 aliphatic carbocycles. The molecule has 0 aromatic heterocycles. The Morgan fingerprint density at radius 3 is 2.00 bits per heavy atom. The molecule has 13 heavy (non-hydrogen) atoms. The maximum atomic E-state index is 3.45. The fourth-order valence-corrected chi connectivity index (χ4v) is 2.97. The number of nitrogens with zero attached hydrogens (tertiary/aromatic N) is 1. The van der Waals surface area contributed by atoms with Crippen LogP contribution in [0.25, 0.3) is 0 Å². The molecule has 1 N–H and O–H groups in total. The zero-order valence-electron chi connectivity index (χ0n) is 7.74. The summed E-state index contributed by atoms with van der Waals surface area (Å²) in [5.41, 5.74) is 0. The largest absolute Gasteiger partial charge is 0.316 e.